The second-order valence-corrected chi connectivity index (χ2v) is 5.08. The number of carbonyl (C=O) groups is 2. The maximum absolute atomic E-state index is 11.9. The molecule has 2 amide bonds. The zero-order valence-electron chi connectivity index (χ0n) is 11.5. The molecule has 1 aromatic heterocycles. The number of carboxylic acid groups (broad SMARTS) is 1. The monoisotopic (exact) mass is 269 g/mol. The SMILES string of the molecule is Cc1nc(CN(C)C(=O)NC(C)(C)CC(=O)O)n[nH]1. The van der Waals surface area contributed by atoms with E-state index in [1.165, 1.54) is 4.90 Å². The van der Waals surface area contributed by atoms with Gasteiger partial charge >= 0.3 is 12.0 Å². The third-order valence-electron chi connectivity index (χ3n) is 2.41. The lowest BCUT2D eigenvalue weighted by Gasteiger charge is -2.27. The second kappa shape index (κ2) is 5.68. The minimum absolute atomic E-state index is 0.146. The lowest BCUT2D eigenvalue weighted by Crippen LogP contribution is -2.49. The average molecular weight is 269 g/mol. The Bertz CT molecular complexity index is 469. The normalized spacial score (nSPS) is 11.2. The Balaban J connectivity index is 2.55. The van der Waals surface area contributed by atoms with Gasteiger partial charge in [-0.05, 0) is 20.8 Å². The van der Waals surface area contributed by atoms with Gasteiger partial charge in [-0.25, -0.2) is 9.78 Å². The number of hydrogen-bond donors (Lipinski definition) is 3. The molecule has 106 valence electrons. The van der Waals surface area contributed by atoms with E-state index in [0.717, 1.165) is 0 Å². The number of aromatic nitrogens is 3. The molecule has 0 aliphatic heterocycles. The second-order valence-electron chi connectivity index (χ2n) is 5.08. The van der Waals surface area contributed by atoms with Gasteiger partial charge in [-0.2, -0.15) is 5.10 Å². The molecule has 8 heteroatoms. The summed E-state index contributed by atoms with van der Waals surface area (Å²) in [6.45, 7) is 5.33. The van der Waals surface area contributed by atoms with Crippen molar-refractivity contribution in [1.29, 1.82) is 0 Å². The number of nitrogens with one attached hydrogen (secondary N) is 2. The number of aromatic amines is 1. The van der Waals surface area contributed by atoms with Crippen molar-refractivity contribution < 1.29 is 14.7 Å². The summed E-state index contributed by atoms with van der Waals surface area (Å²) >= 11 is 0. The average Bonchev–Trinajstić information content (AvgIpc) is 2.60. The minimum Gasteiger partial charge on any atom is -0.481 e. The van der Waals surface area contributed by atoms with Crippen molar-refractivity contribution in [2.75, 3.05) is 7.05 Å². The van der Waals surface area contributed by atoms with Gasteiger partial charge < -0.3 is 15.3 Å². The van der Waals surface area contributed by atoms with Gasteiger partial charge in [0, 0.05) is 12.6 Å². The summed E-state index contributed by atoms with van der Waals surface area (Å²) in [7, 11) is 1.60. The van der Waals surface area contributed by atoms with Crippen LogP contribution in [0.25, 0.3) is 0 Å². The Morgan fingerprint density at radius 2 is 2.11 bits per heavy atom. The van der Waals surface area contributed by atoms with Crippen LogP contribution >= 0.6 is 0 Å². The van der Waals surface area contributed by atoms with E-state index >= 15 is 0 Å². The van der Waals surface area contributed by atoms with Crippen LogP contribution in [0.15, 0.2) is 0 Å². The van der Waals surface area contributed by atoms with Gasteiger partial charge in [-0.1, -0.05) is 0 Å². The summed E-state index contributed by atoms with van der Waals surface area (Å²) in [4.78, 5) is 28.1. The molecule has 0 spiro atoms. The van der Waals surface area contributed by atoms with Crippen molar-refractivity contribution in [2.24, 2.45) is 0 Å². The first-order chi connectivity index (χ1) is 8.69. The van der Waals surface area contributed by atoms with Crippen molar-refractivity contribution in [2.45, 2.75) is 39.3 Å². The van der Waals surface area contributed by atoms with Crippen molar-refractivity contribution >= 4 is 12.0 Å². The fourth-order valence-corrected chi connectivity index (χ4v) is 1.55. The molecular weight excluding hydrogens is 250 g/mol. The minimum atomic E-state index is -0.961. The van der Waals surface area contributed by atoms with Gasteiger partial charge in [0.05, 0.1) is 13.0 Å². The number of aliphatic carboxylic acids is 1. The number of rotatable bonds is 5. The first kappa shape index (κ1) is 14.9. The van der Waals surface area contributed by atoms with Gasteiger partial charge in [-0.3, -0.25) is 9.89 Å². The zero-order chi connectivity index (χ0) is 14.6. The molecule has 3 N–H and O–H groups in total. The number of aryl methyl sites for hydroxylation is 1. The molecule has 1 rings (SSSR count). The molecule has 0 radical (unpaired) electrons. The summed E-state index contributed by atoms with van der Waals surface area (Å²) < 4.78 is 0. The first-order valence-electron chi connectivity index (χ1n) is 5.82. The smallest absolute Gasteiger partial charge is 0.317 e. The van der Waals surface area contributed by atoms with E-state index in [1.807, 2.05) is 0 Å². The molecule has 1 aromatic rings. The molecule has 8 nitrogen and oxygen atoms in total. The number of hydrogen-bond acceptors (Lipinski definition) is 4. The molecule has 1 heterocycles. The number of H-pyrrole nitrogens is 1. The van der Waals surface area contributed by atoms with E-state index in [9.17, 15) is 9.59 Å². The topological polar surface area (TPSA) is 111 Å². The number of nitrogens with zero attached hydrogens (tertiary/aromatic N) is 3. The van der Waals surface area contributed by atoms with Crippen molar-refractivity contribution in [3.05, 3.63) is 11.6 Å². The Hall–Kier alpha value is -2.12. The van der Waals surface area contributed by atoms with Gasteiger partial charge in [0.25, 0.3) is 0 Å². The van der Waals surface area contributed by atoms with Gasteiger partial charge in [0.15, 0.2) is 5.82 Å². The molecule has 0 saturated heterocycles. The van der Waals surface area contributed by atoms with E-state index in [2.05, 4.69) is 20.5 Å². The summed E-state index contributed by atoms with van der Waals surface area (Å²) in [5.41, 5.74) is -0.813. The summed E-state index contributed by atoms with van der Waals surface area (Å²) in [5, 5.41) is 18.0. The quantitative estimate of drug-likeness (QED) is 0.721. The number of carbonyl (C=O) groups excluding carboxylic acids is 1. The Labute approximate surface area is 111 Å². The fraction of sp³-hybridized carbons (Fsp3) is 0.636. The van der Waals surface area contributed by atoms with Crippen molar-refractivity contribution in [3.8, 4) is 0 Å². The van der Waals surface area contributed by atoms with Crippen LogP contribution in [0.1, 0.15) is 31.9 Å². The largest absolute Gasteiger partial charge is 0.481 e. The Kier molecular flexibility index (Phi) is 4.47. The molecule has 0 aliphatic rings. The molecule has 0 unspecified atom stereocenters. The lowest BCUT2D eigenvalue weighted by molar-refractivity contribution is -0.138. The lowest BCUT2D eigenvalue weighted by atomic mass is 10.0. The van der Waals surface area contributed by atoms with Crippen LogP contribution in [0.4, 0.5) is 4.79 Å². The third-order valence-corrected chi connectivity index (χ3v) is 2.41. The van der Waals surface area contributed by atoms with E-state index in [0.29, 0.717) is 11.6 Å². The van der Waals surface area contributed by atoms with Crippen molar-refractivity contribution in [3.63, 3.8) is 0 Å². The van der Waals surface area contributed by atoms with Crippen LogP contribution < -0.4 is 5.32 Å². The third kappa shape index (κ3) is 4.94. The molecule has 0 atom stereocenters. The van der Waals surface area contributed by atoms with Crippen LogP contribution in [-0.2, 0) is 11.3 Å². The number of amides is 2. The predicted molar refractivity (Wildman–Crippen MR) is 67.5 cm³/mol. The highest BCUT2D eigenvalue weighted by Gasteiger charge is 2.25. The molecule has 0 aromatic carbocycles. The van der Waals surface area contributed by atoms with Gasteiger partial charge in [-0.15, -0.1) is 0 Å². The molecule has 0 fully saturated rings. The predicted octanol–water partition coefficient (Wildman–Crippen LogP) is 0.508. The van der Waals surface area contributed by atoms with E-state index in [-0.39, 0.29) is 19.0 Å². The van der Waals surface area contributed by atoms with Gasteiger partial charge in [0.2, 0.25) is 0 Å². The summed E-state index contributed by atoms with van der Waals surface area (Å²) in [5.74, 6) is 0.221. The molecular formula is C11H19N5O3. The van der Waals surface area contributed by atoms with Crippen LogP contribution in [-0.4, -0.2) is 49.8 Å². The van der Waals surface area contributed by atoms with E-state index in [4.69, 9.17) is 5.11 Å². The maximum atomic E-state index is 11.9. The number of urea groups is 1. The number of carboxylic acids is 1. The molecule has 19 heavy (non-hydrogen) atoms. The van der Waals surface area contributed by atoms with Crippen LogP contribution in [0.2, 0.25) is 0 Å². The highest BCUT2D eigenvalue weighted by molar-refractivity contribution is 5.76. The van der Waals surface area contributed by atoms with E-state index < -0.39 is 11.5 Å². The highest BCUT2D eigenvalue weighted by atomic mass is 16.4. The zero-order valence-corrected chi connectivity index (χ0v) is 11.5. The maximum Gasteiger partial charge on any atom is 0.317 e. The van der Waals surface area contributed by atoms with Crippen LogP contribution in [0.3, 0.4) is 0 Å². The van der Waals surface area contributed by atoms with Crippen molar-refractivity contribution in [1.82, 2.24) is 25.4 Å². The first-order valence-corrected chi connectivity index (χ1v) is 5.82. The standard InChI is InChI=1S/C11H19N5O3/c1-7-12-8(15-14-7)6-16(4)10(19)13-11(2,3)5-9(17)18/h5-6H2,1-4H3,(H,13,19)(H,17,18)(H,12,14,15). The summed E-state index contributed by atoms with van der Waals surface area (Å²) in [6, 6.07) is -0.367. The van der Waals surface area contributed by atoms with E-state index in [1.54, 1.807) is 27.8 Å². The van der Waals surface area contributed by atoms with Gasteiger partial charge in [0.1, 0.15) is 5.82 Å². The van der Waals surface area contributed by atoms with Crippen LogP contribution in [0.5, 0.6) is 0 Å². The highest BCUT2D eigenvalue weighted by Crippen LogP contribution is 2.09. The van der Waals surface area contributed by atoms with Crippen LogP contribution in [0, 0.1) is 6.92 Å². The molecule has 0 bridgehead atoms. The fourth-order valence-electron chi connectivity index (χ4n) is 1.55. The Morgan fingerprint density at radius 1 is 1.47 bits per heavy atom. The molecule has 0 saturated carbocycles. The Morgan fingerprint density at radius 3 is 2.58 bits per heavy atom. The molecule has 0 aliphatic carbocycles. The summed E-state index contributed by atoms with van der Waals surface area (Å²) in [6.07, 6.45) is -0.146.